The number of carbonyl (C=O) groups excluding carboxylic acids is 2. The topological polar surface area (TPSA) is 46.2 Å². The molecule has 1 fully saturated rings. The molecule has 0 spiro atoms. The van der Waals surface area contributed by atoms with Gasteiger partial charge >= 0.3 is 0 Å². The summed E-state index contributed by atoms with van der Waals surface area (Å²) in [5, 5.41) is 3.39. The lowest BCUT2D eigenvalue weighted by molar-refractivity contribution is -0.130. The van der Waals surface area contributed by atoms with E-state index in [0.717, 1.165) is 24.0 Å². The van der Waals surface area contributed by atoms with Gasteiger partial charge in [0.25, 0.3) is 0 Å². The number of carbonyl (C=O) groups is 2. The molecule has 1 unspecified atom stereocenters. The van der Waals surface area contributed by atoms with Gasteiger partial charge in [0.15, 0.2) is 12.1 Å². The van der Waals surface area contributed by atoms with E-state index in [9.17, 15) is 9.59 Å². The van der Waals surface area contributed by atoms with E-state index in [2.05, 4.69) is 12.2 Å². The van der Waals surface area contributed by atoms with Crippen LogP contribution >= 0.6 is 0 Å². The maximum Gasteiger partial charge on any atom is 0.197 e. The van der Waals surface area contributed by atoms with Crippen LogP contribution in [0.5, 0.6) is 0 Å². The number of ketones is 1. The molecule has 1 aliphatic carbocycles. The van der Waals surface area contributed by atoms with Crippen LogP contribution in [0.25, 0.3) is 0 Å². The van der Waals surface area contributed by atoms with Crippen molar-refractivity contribution in [2.75, 3.05) is 0 Å². The first kappa shape index (κ1) is 12.0. The van der Waals surface area contributed by atoms with Crippen molar-refractivity contribution in [3.05, 3.63) is 42.3 Å². The molecule has 0 heterocycles. The monoisotopic (exact) mass is 230 g/mol. The Morgan fingerprint density at radius 1 is 1.47 bits per heavy atom. The summed E-state index contributed by atoms with van der Waals surface area (Å²) >= 11 is 0. The number of hydrogen-bond donors (Lipinski definition) is 1. The van der Waals surface area contributed by atoms with Crippen LogP contribution in [0.1, 0.15) is 36.4 Å². The first-order valence-corrected chi connectivity index (χ1v) is 5.85. The molecule has 17 heavy (non-hydrogen) atoms. The van der Waals surface area contributed by atoms with E-state index >= 15 is 0 Å². The van der Waals surface area contributed by atoms with Crippen molar-refractivity contribution in [3.63, 3.8) is 0 Å². The Kier molecular flexibility index (Phi) is 3.69. The zero-order chi connectivity index (χ0) is 12.3. The van der Waals surface area contributed by atoms with Gasteiger partial charge < -0.3 is 5.32 Å². The molecular formula is C14H16NO2. The summed E-state index contributed by atoms with van der Waals surface area (Å²) in [4.78, 5) is 21.7. The average Bonchev–Trinajstić information content (AvgIpc) is 3.12. The van der Waals surface area contributed by atoms with Gasteiger partial charge in [0.05, 0.1) is 0 Å². The number of hydrogen-bond acceptors (Lipinski definition) is 3. The van der Waals surface area contributed by atoms with Gasteiger partial charge in [-0.25, -0.2) is 0 Å². The molecule has 1 aromatic rings. The van der Waals surface area contributed by atoms with E-state index in [1.807, 2.05) is 24.3 Å². The highest BCUT2D eigenvalue weighted by Crippen LogP contribution is 2.27. The van der Waals surface area contributed by atoms with Crippen molar-refractivity contribution in [1.29, 1.82) is 0 Å². The molecule has 1 radical (unpaired) electrons. The fraction of sp³-hybridized carbons (Fsp3) is 0.357. The predicted octanol–water partition coefficient (Wildman–Crippen LogP) is 1.82. The molecule has 89 valence electrons. The molecule has 1 aromatic carbocycles. The SMILES string of the molecule is [CH2]c1ccccc1C(CC(=O)C=O)NC1CC1. The average molecular weight is 230 g/mol. The van der Waals surface area contributed by atoms with Crippen LogP contribution in [0.3, 0.4) is 0 Å². The van der Waals surface area contributed by atoms with Gasteiger partial charge in [-0.1, -0.05) is 24.3 Å². The van der Waals surface area contributed by atoms with Crippen molar-refractivity contribution in [3.8, 4) is 0 Å². The van der Waals surface area contributed by atoms with Crippen molar-refractivity contribution < 1.29 is 9.59 Å². The summed E-state index contributed by atoms with van der Waals surface area (Å²) in [6.45, 7) is 3.96. The third-order valence-electron chi connectivity index (χ3n) is 2.98. The van der Waals surface area contributed by atoms with E-state index in [1.165, 1.54) is 0 Å². The largest absolute Gasteiger partial charge is 0.307 e. The Morgan fingerprint density at radius 2 is 2.18 bits per heavy atom. The standard InChI is InChI=1S/C14H16NO2/c1-10-4-2-3-5-13(10)14(8-12(17)9-16)15-11-6-7-11/h2-5,9,11,14-15H,1,6-8H2. The number of Topliss-reactive ketones (excluding diaryl/α,β-unsaturated/α-hetero) is 1. The second-order valence-electron chi connectivity index (χ2n) is 4.48. The normalized spacial score (nSPS) is 16.5. The lowest BCUT2D eigenvalue weighted by Crippen LogP contribution is -2.26. The predicted molar refractivity (Wildman–Crippen MR) is 65.5 cm³/mol. The van der Waals surface area contributed by atoms with Crippen molar-refractivity contribution in [1.82, 2.24) is 5.32 Å². The van der Waals surface area contributed by atoms with Gasteiger partial charge in [0.1, 0.15) is 0 Å². The number of aldehydes is 1. The second-order valence-corrected chi connectivity index (χ2v) is 4.48. The van der Waals surface area contributed by atoms with Crippen LogP contribution in [0, 0.1) is 6.92 Å². The summed E-state index contributed by atoms with van der Waals surface area (Å²) in [6.07, 6.45) is 2.90. The highest BCUT2D eigenvalue weighted by Gasteiger charge is 2.27. The molecule has 0 bridgehead atoms. The third-order valence-corrected chi connectivity index (χ3v) is 2.98. The van der Waals surface area contributed by atoms with Crippen LogP contribution in [0.4, 0.5) is 0 Å². The van der Waals surface area contributed by atoms with Crippen molar-refractivity contribution in [2.45, 2.75) is 31.3 Å². The summed E-state index contributed by atoms with van der Waals surface area (Å²) < 4.78 is 0. The summed E-state index contributed by atoms with van der Waals surface area (Å²) in [5.41, 5.74) is 1.92. The minimum Gasteiger partial charge on any atom is -0.307 e. The molecule has 0 saturated heterocycles. The highest BCUT2D eigenvalue weighted by atomic mass is 16.2. The van der Waals surface area contributed by atoms with E-state index in [4.69, 9.17) is 0 Å². The van der Waals surface area contributed by atoms with E-state index in [0.29, 0.717) is 12.3 Å². The highest BCUT2D eigenvalue weighted by molar-refractivity contribution is 6.25. The number of rotatable bonds is 6. The zero-order valence-electron chi connectivity index (χ0n) is 9.69. The summed E-state index contributed by atoms with van der Waals surface area (Å²) in [6, 6.07) is 8.12. The van der Waals surface area contributed by atoms with Gasteiger partial charge in [0.2, 0.25) is 0 Å². The minimum atomic E-state index is -0.369. The fourth-order valence-corrected chi connectivity index (χ4v) is 1.92. The number of nitrogens with one attached hydrogen (secondary N) is 1. The van der Waals surface area contributed by atoms with Gasteiger partial charge in [0, 0.05) is 18.5 Å². The van der Waals surface area contributed by atoms with Crippen LogP contribution in [0.2, 0.25) is 0 Å². The Balaban J connectivity index is 2.16. The van der Waals surface area contributed by atoms with Crippen molar-refractivity contribution in [2.24, 2.45) is 0 Å². The first-order chi connectivity index (χ1) is 8.20. The van der Waals surface area contributed by atoms with E-state index in [1.54, 1.807) is 0 Å². The van der Waals surface area contributed by atoms with E-state index < -0.39 is 0 Å². The molecule has 1 aliphatic rings. The maximum atomic E-state index is 11.3. The Bertz CT molecular complexity index is 424. The fourth-order valence-electron chi connectivity index (χ4n) is 1.92. The molecule has 3 nitrogen and oxygen atoms in total. The Hall–Kier alpha value is -1.48. The first-order valence-electron chi connectivity index (χ1n) is 5.85. The Labute approximate surface area is 101 Å². The minimum absolute atomic E-state index is 0.0890. The van der Waals surface area contributed by atoms with Gasteiger partial charge in [-0.3, -0.25) is 9.59 Å². The van der Waals surface area contributed by atoms with Crippen LogP contribution in [-0.4, -0.2) is 18.1 Å². The van der Waals surface area contributed by atoms with Crippen molar-refractivity contribution >= 4 is 12.1 Å². The quantitative estimate of drug-likeness (QED) is 0.599. The third kappa shape index (κ3) is 3.24. The molecule has 3 heteroatoms. The lowest BCUT2D eigenvalue weighted by atomic mass is 9.97. The lowest BCUT2D eigenvalue weighted by Gasteiger charge is -2.19. The molecule has 1 saturated carbocycles. The summed E-state index contributed by atoms with van der Waals surface area (Å²) in [5.74, 6) is -0.369. The maximum absolute atomic E-state index is 11.3. The van der Waals surface area contributed by atoms with Gasteiger partial charge in [-0.2, -0.15) is 0 Å². The molecule has 0 amide bonds. The van der Waals surface area contributed by atoms with Crippen LogP contribution in [-0.2, 0) is 9.59 Å². The van der Waals surface area contributed by atoms with Gasteiger partial charge in [-0.05, 0) is 30.9 Å². The molecule has 0 aliphatic heterocycles. The second kappa shape index (κ2) is 5.23. The van der Waals surface area contributed by atoms with E-state index in [-0.39, 0.29) is 18.2 Å². The summed E-state index contributed by atoms with van der Waals surface area (Å²) in [7, 11) is 0. The molecule has 1 atom stereocenters. The van der Waals surface area contributed by atoms with Crippen LogP contribution < -0.4 is 5.32 Å². The molecule has 2 rings (SSSR count). The Morgan fingerprint density at radius 3 is 2.76 bits per heavy atom. The zero-order valence-corrected chi connectivity index (χ0v) is 9.69. The number of benzene rings is 1. The molecule has 0 aromatic heterocycles. The smallest absolute Gasteiger partial charge is 0.197 e. The van der Waals surface area contributed by atoms with Crippen LogP contribution in [0.15, 0.2) is 24.3 Å². The molecule has 1 N–H and O–H groups in total. The molecular weight excluding hydrogens is 214 g/mol. The van der Waals surface area contributed by atoms with Gasteiger partial charge in [-0.15, -0.1) is 0 Å².